The molecule has 0 aromatic heterocycles. The molecule has 0 saturated heterocycles. The second-order valence-electron chi connectivity index (χ2n) is 1.000. The van der Waals surface area contributed by atoms with Crippen LogP contribution < -0.4 is 6.15 Å². The summed E-state index contributed by atoms with van der Waals surface area (Å²) in [4.78, 5) is 0. The van der Waals surface area contributed by atoms with Gasteiger partial charge in [0.1, 0.15) is 0 Å². The standard InChI is InChI=1S/C4H10.Fe.H3N/c1-3-4-2;;/h3-4H2,1-2H3;;1H3/q;+3;/p+1. The molecule has 0 aliphatic rings. The van der Waals surface area contributed by atoms with E-state index in [9.17, 15) is 0 Å². The zero-order valence-corrected chi connectivity index (χ0v) is 5.87. The summed E-state index contributed by atoms with van der Waals surface area (Å²) in [7, 11) is 0. The Balaban J connectivity index is -0.0000000450. The first-order chi connectivity index (χ1) is 1.91. The van der Waals surface area contributed by atoms with E-state index >= 15 is 0 Å². The van der Waals surface area contributed by atoms with E-state index in [4.69, 9.17) is 0 Å². The van der Waals surface area contributed by atoms with Crippen LogP contribution in [0.4, 0.5) is 0 Å². The minimum atomic E-state index is 0. The Morgan fingerprint density at radius 2 is 1.17 bits per heavy atom. The van der Waals surface area contributed by atoms with Crippen LogP contribution in [0.25, 0.3) is 0 Å². The second kappa shape index (κ2) is 17.9. The minimum absolute atomic E-state index is 0. The van der Waals surface area contributed by atoms with Gasteiger partial charge in [0.05, 0.1) is 0 Å². The number of hydrogen-bond acceptors (Lipinski definition) is 0. The van der Waals surface area contributed by atoms with E-state index in [0.717, 1.165) is 0 Å². The van der Waals surface area contributed by atoms with Gasteiger partial charge < -0.3 is 6.15 Å². The number of quaternary nitrogens is 1. The maximum absolute atomic E-state index is 2.18. The van der Waals surface area contributed by atoms with Crippen molar-refractivity contribution in [1.29, 1.82) is 0 Å². The first kappa shape index (κ1) is 16.1. The molecular weight excluding hydrogens is 118 g/mol. The quantitative estimate of drug-likeness (QED) is 0.531. The predicted octanol–water partition coefficient (Wildman–Crippen LogP) is 2.18. The van der Waals surface area contributed by atoms with E-state index in [1.54, 1.807) is 0 Å². The molecule has 0 unspecified atom stereocenters. The minimum Gasteiger partial charge on any atom is -0.369 e. The van der Waals surface area contributed by atoms with Crippen LogP contribution in [0.2, 0.25) is 0 Å². The molecule has 0 amide bonds. The average molecular weight is 132 g/mol. The van der Waals surface area contributed by atoms with Crippen molar-refractivity contribution in [2.45, 2.75) is 26.7 Å². The SMILES string of the molecule is CCCC.[Fe+3].[NH4+]. The summed E-state index contributed by atoms with van der Waals surface area (Å²) in [6.07, 6.45) is 2.64. The van der Waals surface area contributed by atoms with E-state index < -0.39 is 0 Å². The number of unbranched alkanes of at least 4 members (excludes halogenated alkanes) is 1. The van der Waals surface area contributed by atoms with Crippen LogP contribution in [-0.4, -0.2) is 0 Å². The van der Waals surface area contributed by atoms with Crippen LogP contribution in [0.15, 0.2) is 0 Å². The van der Waals surface area contributed by atoms with Crippen molar-refractivity contribution in [3.63, 3.8) is 0 Å². The summed E-state index contributed by atoms with van der Waals surface area (Å²) in [5, 5.41) is 0. The maximum atomic E-state index is 2.18. The summed E-state index contributed by atoms with van der Waals surface area (Å²) in [5.74, 6) is 0. The Labute approximate surface area is 50.6 Å². The maximum Gasteiger partial charge on any atom is 3.00 e. The van der Waals surface area contributed by atoms with Crippen molar-refractivity contribution in [1.82, 2.24) is 6.15 Å². The van der Waals surface area contributed by atoms with Gasteiger partial charge in [0.25, 0.3) is 0 Å². The molecule has 0 spiro atoms. The summed E-state index contributed by atoms with van der Waals surface area (Å²) in [6, 6.07) is 0. The Morgan fingerprint density at radius 3 is 1.17 bits per heavy atom. The third kappa shape index (κ3) is 24.8. The molecule has 0 atom stereocenters. The van der Waals surface area contributed by atoms with Crippen molar-refractivity contribution < 1.29 is 17.1 Å². The van der Waals surface area contributed by atoms with E-state index in [2.05, 4.69) is 13.8 Å². The molecule has 1 nitrogen and oxygen atoms in total. The van der Waals surface area contributed by atoms with E-state index in [1.165, 1.54) is 12.8 Å². The van der Waals surface area contributed by atoms with Crippen molar-refractivity contribution in [2.24, 2.45) is 0 Å². The van der Waals surface area contributed by atoms with Gasteiger partial charge in [-0.05, 0) is 0 Å². The van der Waals surface area contributed by atoms with Crippen LogP contribution in [0.5, 0.6) is 0 Å². The molecule has 0 fully saturated rings. The molecule has 0 aromatic carbocycles. The molecule has 39 valence electrons. The van der Waals surface area contributed by atoms with Crippen LogP contribution in [0.1, 0.15) is 26.7 Å². The zero-order valence-electron chi connectivity index (χ0n) is 4.77. The fourth-order valence-corrected chi connectivity index (χ4v) is 0. The van der Waals surface area contributed by atoms with Crippen molar-refractivity contribution in [2.75, 3.05) is 0 Å². The first-order valence-corrected chi connectivity index (χ1v) is 1.91. The monoisotopic (exact) mass is 132 g/mol. The van der Waals surface area contributed by atoms with E-state index in [-0.39, 0.29) is 23.2 Å². The Bertz CT molecular complexity index is 9.51. The normalized spacial score (nSPS) is 5.00. The summed E-state index contributed by atoms with van der Waals surface area (Å²) < 4.78 is 0. The zero-order chi connectivity index (χ0) is 3.41. The van der Waals surface area contributed by atoms with Gasteiger partial charge in [-0.25, -0.2) is 0 Å². The van der Waals surface area contributed by atoms with Crippen molar-refractivity contribution >= 4 is 0 Å². The van der Waals surface area contributed by atoms with Crippen molar-refractivity contribution in [3.05, 3.63) is 0 Å². The van der Waals surface area contributed by atoms with Gasteiger partial charge in [-0.1, -0.05) is 26.7 Å². The average Bonchev–Trinajstić information content (AvgIpc) is 1.37. The van der Waals surface area contributed by atoms with Gasteiger partial charge >= 0.3 is 17.1 Å². The third-order valence-electron chi connectivity index (χ3n) is 0.500. The van der Waals surface area contributed by atoms with Crippen molar-refractivity contribution in [3.8, 4) is 0 Å². The van der Waals surface area contributed by atoms with Gasteiger partial charge in [0.15, 0.2) is 0 Å². The predicted molar refractivity (Wildman–Crippen MR) is 26.6 cm³/mol. The smallest absolute Gasteiger partial charge is 0.369 e. The van der Waals surface area contributed by atoms with Crippen LogP contribution in [0.3, 0.4) is 0 Å². The van der Waals surface area contributed by atoms with Crippen LogP contribution >= 0.6 is 0 Å². The van der Waals surface area contributed by atoms with Gasteiger partial charge in [0.2, 0.25) is 0 Å². The topological polar surface area (TPSA) is 36.5 Å². The Morgan fingerprint density at radius 1 is 1.00 bits per heavy atom. The number of rotatable bonds is 1. The molecule has 6 heavy (non-hydrogen) atoms. The largest absolute Gasteiger partial charge is 3.00 e. The summed E-state index contributed by atoms with van der Waals surface area (Å²) in [6.45, 7) is 4.36. The molecule has 2 heteroatoms. The molecule has 0 aliphatic carbocycles. The fourth-order valence-electron chi connectivity index (χ4n) is 0. The summed E-state index contributed by atoms with van der Waals surface area (Å²) in [5.41, 5.74) is 0. The van der Waals surface area contributed by atoms with Crippen LogP contribution in [0, 0.1) is 0 Å². The molecule has 0 bridgehead atoms. The van der Waals surface area contributed by atoms with Crippen LogP contribution in [-0.2, 0) is 17.1 Å². The third-order valence-corrected chi connectivity index (χ3v) is 0.500. The molecule has 0 aromatic rings. The van der Waals surface area contributed by atoms with Gasteiger partial charge in [0, 0.05) is 0 Å². The molecular formula is C4H14FeN+4. The number of hydrogen-bond donors (Lipinski definition) is 1. The van der Waals surface area contributed by atoms with E-state index in [0.29, 0.717) is 0 Å². The molecule has 0 rings (SSSR count). The molecule has 4 N–H and O–H groups in total. The molecule has 1 radical (unpaired) electrons. The summed E-state index contributed by atoms with van der Waals surface area (Å²) >= 11 is 0. The van der Waals surface area contributed by atoms with Gasteiger partial charge in [-0.2, -0.15) is 0 Å². The molecule has 0 aliphatic heterocycles. The Hall–Kier alpha value is 0.479. The molecule has 0 heterocycles. The fraction of sp³-hybridized carbons (Fsp3) is 1.00. The first-order valence-electron chi connectivity index (χ1n) is 1.91. The van der Waals surface area contributed by atoms with Gasteiger partial charge in [-0.3, -0.25) is 0 Å². The Kier molecular flexibility index (Phi) is 47.9. The van der Waals surface area contributed by atoms with Gasteiger partial charge in [-0.15, -0.1) is 0 Å². The molecule has 0 saturated carbocycles. The van der Waals surface area contributed by atoms with E-state index in [1.807, 2.05) is 0 Å². The second-order valence-corrected chi connectivity index (χ2v) is 1.000.